The third-order valence-corrected chi connectivity index (χ3v) is 2.24. The summed E-state index contributed by atoms with van der Waals surface area (Å²) in [4.78, 5) is 11.7. The Hall–Kier alpha value is -1.36. The van der Waals surface area contributed by atoms with Crippen molar-refractivity contribution in [3.8, 4) is 0 Å². The fourth-order valence-electron chi connectivity index (χ4n) is 1.31. The number of rotatable bonds is 4. The smallest absolute Gasteiger partial charge is 0.228 e. The molecule has 0 aliphatic carbocycles. The molecule has 1 atom stereocenters. The third kappa shape index (κ3) is 2.79. The first-order chi connectivity index (χ1) is 7.06. The van der Waals surface area contributed by atoms with Gasteiger partial charge in [0.1, 0.15) is 11.4 Å². The molecule has 0 fully saturated rings. The second kappa shape index (κ2) is 4.93. The highest BCUT2D eigenvalue weighted by Gasteiger charge is 2.16. The van der Waals surface area contributed by atoms with E-state index in [2.05, 4.69) is 15.8 Å². The van der Waals surface area contributed by atoms with E-state index >= 15 is 0 Å². The van der Waals surface area contributed by atoms with E-state index < -0.39 is 0 Å². The van der Waals surface area contributed by atoms with Gasteiger partial charge in [0.25, 0.3) is 0 Å². The molecule has 1 heterocycles. The summed E-state index contributed by atoms with van der Waals surface area (Å²) in [5, 5.41) is 9.53. The molecule has 0 bridgehead atoms. The summed E-state index contributed by atoms with van der Waals surface area (Å²) in [6.45, 7) is 6.09. The van der Waals surface area contributed by atoms with Gasteiger partial charge in [-0.25, -0.2) is 0 Å². The molecule has 1 aromatic rings. The second-order valence-electron chi connectivity index (χ2n) is 3.65. The maximum atomic E-state index is 11.7. The zero-order chi connectivity index (χ0) is 11.4. The van der Waals surface area contributed by atoms with Crippen molar-refractivity contribution in [3.05, 3.63) is 11.5 Å². The fraction of sp³-hybridized carbons (Fsp3) is 0.600. The molecule has 1 amide bonds. The van der Waals surface area contributed by atoms with Gasteiger partial charge in [-0.2, -0.15) is 0 Å². The average molecular weight is 211 g/mol. The van der Waals surface area contributed by atoms with Gasteiger partial charge in [-0.3, -0.25) is 4.79 Å². The van der Waals surface area contributed by atoms with Gasteiger partial charge in [0.15, 0.2) is 5.76 Å². The van der Waals surface area contributed by atoms with Crippen LogP contribution in [0.2, 0.25) is 0 Å². The third-order valence-electron chi connectivity index (χ3n) is 2.24. The molecule has 0 saturated carbocycles. The topological polar surface area (TPSA) is 67.2 Å². The van der Waals surface area contributed by atoms with Gasteiger partial charge in [0.2, 0.25) is 5.91 Å². The standard InChI is InChI=1S/C10H17N3O2/c1-6(5-11-4)10(14)12-9-7(2)13-15-8(9)3/h6,11H,5H2,1-4H3,(H,12,14). The van der Waals surface area contributed by atoms with Crippen LogP contribution in [0.25, 0.3) is 0 Å². The monoisotopic (exact) mass is 211 g/mol. The molecule has 0 aromatic carbocycles. The van der Waals surface area contributed by atoms with Crippen LogP contribution in [0.4, 0.5) is 5.69 Å². The van der Waals surface area contributed by atoms with Crippen LogP contribution in [0.5, 0.6) is 0 Å². The average Bonchev–Trinajstić information content (AvgIpc) is 2.49. The van der Waals surface area contributed by atoms with Crippen molar-refractivity contribution in [1.82, 2.24) is 10.5 Å². The molecule has 0 saturated heterocycles. The van der Waals surface area contributed by atoms with Crippen molar-refractivity contribution in [3.63, 3.8) is 0 Å². The molecule has 2 N–H and O–H groups in total. The number of hydrogen-bond donors (Lipinski definition) is 2. The lowest BCUT2D eigenvalue weighted by Crippen LogP contribution is -2.28. The molecule has 0 radical (unpaired) electrons. The van der Waals surface area contributed by atoms with Gasteiger partial charge in [0, 0.05) is 12.5 Å². The van der Waals surface area contributed by atoms with Crippen molar-refractivity contribution in [2.45, 2.75) is 20.8 Å². The Kier molecular flexibility index (Phi) is 3.85. The zero-order valence-electron chi connectivity index (χ0n) is 9.55. The Bertz CT molecular complexity index is 327. The molecule has 0 aliphatic rings. The zero-order valence-corrected chi connectivity index (χ0v) is 9.55. The van der Waals surface area contributed by atoms with Crippen LogP contribution >= 0.6 is 0 Å². The number of anilines is 1. The predicted octanol–water partition coefficient (Wildman–Crippen LogP) is 1.09. The molecular formula is C10H17N3O2. The summed E-state index contributed by atoms with van der Waals surface area (Å²) in [6.07, 6.45) is 0. The van der Waals surface area contributed by atoms with Crippen LogP contribution in [0.15, 0.2) is 4.52 Å². The Morgan fingerprint density at radius 2 is 2.20 bits per heavy atom. The lowest BCUT2D eigenvalue weighted by Gasteiger charge is -2.10. The minimum Gasteiger partial charge on any atom is -0.359 e. The van der Waals surface area contributed by atoms with E-state index in [0.717, 1.165) is 0 Å². The van der Waals surface area contributed by atoms with E-state index in [9.17, 15) is 4.79 Å². The van der Waals surface area contributed by atoms with Crippen molar-refractivity contribution in [2.75, 3.05) is 18.9 Å². The van der Waals surface area contributed by atoms with Crippen molar-refractivity contribution in [1.29, 1.82) is 0 Å². The first kappa shape index (κ1) is 11.7. The number of nitrogens with one attached hydrogen (secondary N) is 2. The highest BCUT2D eigenvalue weighted by molar-refractivity contribution is 5.93. The van der Waals surface area contributed by atoms with Gasteiger partial charge in [-0.05, 0) is 20.9 Å². The lowest BCUT2D eigenvalue weighted by molar-refractivity contribution is -0.119. The molecule has 1 aromatic heterocycles. The summed E-state index contributed by atoms with van der Waals surface area (Å²) >= 11 is 0. The minimum atomic E-state index is -0.0799. The van der Waals surface area contributed by atoms with Gasteiger partial charge < -0.3 is 15.2 Å². The Morgan fingerprint density at radius 1 is 1.53 bits per heavy atom. The number of aryl methyl sites for hydroxylation is 2. The maximum Gasteiger partial charge on any atom is 0.228 e. The first-order valence-electron chi connectivity index (χ1n) is 4.94. The van der Waals surface area contributed by atoms with E-state index in [4.69, 9.17) is 4.52 Å². The van der Waals surface area contributed by atoms with Gasteiger partial charge in [-0.15, -0.1) is 0 Å². The Balaban J connectivity index is 2.66. The quantitative estimate of drug-likeness (QED) is 0.782. The summed E-state index contributed by atoms with van der Waals surface area (Å²) in [5.74, 6) is 0.528. The molecule has 0 spiro atoms. The largest absolute Gasteiger partial charge is 0.359 e. The molecule has 1 unspecified atom stereocenters. The highest BCUT2D eigenvalue weighted by atomic mass is 16.5. The fourth-order valence-corrected chi connectivity index (χ4v) is 1.31. The molecule has 5 nitrogen and oxygen atoms in total. The summed E-state index contributed by atoms with van der Waals surface area (Å²) < 4.78 is 4.96. The van der Waals surface area contributed by atoms with E-state index in [-0.39, 0.29) is 11.8 Å². The number of hydrogen-bond acceptors (Lipinski definition) is 4. The number of carbonyl (C=O) groups is 1. The number of aromatic nitrogens is 1. The first-order valence-corrected chi connectivity index (χ1v) is 4.94. The van der Waals surface area contributed by atoms with Crippen molar-refractivity contribution in [2.24, 2.45) is 5.92 Å². The van der Waals surface area contributed by atoms with Crippen LogP contribution in [0.1, 0.15) is 18.4 Å². The number of nitrogens with zero attached hydrogens (tertiary/aromatic N) is 1. The summed E-state index contributed by atoms with van der Waals surface area (Å²) in [5.41, 5.74) is 1.39. The van der Waals surface area contributed by atoms with E-state index in [1.54, 1.807) is 13.8 Å². The van der Waals surface area contributed by atoms with Crippen LogP contribution in [0, 0.1) is 19.8 Å². The minimum absolute atomic E-state index is 0.0289. The molecule has 1 rings (SSSR count). The number of amides is 1. The van der Waals surface area contributed by atoms with E-state index in [1.165, 1.54) is 0 Å². The normalized spacial score (nSPS) is 12.5. The van der Waals surface area contributed by atoms with Gasteiger partial charge >= 0.3 is 0 Å². The van der Waals surface area contributed by atoms with Crippen LogP contribution < -0.4 is 10.6 Å². The van der Waals surface area contributed by atoms with Gasteiger partial charge in [-0.1, -0.05) is 12.1 Å². The van der Waals surface area contributed by atoms with Crippen LogP contribution in [-0.4, -0.2) is 24.7 Å². The molecule has 0 aliphatic heterocycles. The summed E-state index contributed by atoms with van der Waals surface area (Å²) in [6, 6.07) is 0. The van der Waals surface area contributed by atoms with E-state index in [0.29, 0.717) is 23.7 Å². The molecular weight excluding hydrogens is 194 g/mol. The van der Waals surface area contributed by atoms with Crippen molar-refractivity contribution < 1.29 is 9.32 Å². The van der Waals surface area contributed by atoms with Crippen LogP contribution in [0.3, 0.4) is 0 Å². The number of carbonyl (C=O) groups excluding carboxylic acids is 1. The SMILES string of the molecule is CNCC(C)C(=O)Nc1c(C)noc1C. The second-order valence-corrected chi connectivity index (χ2v) is 3.65. The molecule has 15 heavy (non-hydrogen) atoms. The highest BCUT2D eigenvalue weighted by Crippen LogP contribution is 2.19. The maximum absolute atomic E-state index is 11.7. The van der Waals surface area contributed by atoms with Crippen molar-refractivity contribution >= 4 is 11.6 Å². The Morgan fingerprint density at radius 3 is 2.67 bits per heavy atom. The predicted molar refractivity (Wildman–Crippen MR) is 57.7 cm³/mol. The lowest BCUT2D eigenvalue weighted by atomic mass is 10.1. The van der Waals surface area contributed by atoms with E-state index in [1.807, 2.05) is 14.0 Å². The molecule has 5 heteroatoms. The summed E-state index contributed by atoms with van der Waals surface area (Å²) in [7, 11) is 1.82. The van der Waals surface area contributed by atoms with Gasteiger partial charge in [0.05, 0.1) is 0 Å². The molecule has 84 valence electrons. The van der Waals surface area contributed by atoms with Crippen LogP contribution in [-0.2, 0) is 4.79 Å². The Labute approximate surface area is 89.2 Å².